The van der Waals surface area contributed by atoms with Crippen molar-refractivity contribution >= 4 is 40.0 Å². The lowest BCUT2D eigenvalue weighted by molar-refractivity contribution is -0.119. The van der Waals surface area contributed by atoms with Gasteiger partial charge < -0.3 is 15.5 Å². The van der Waals surface area contributed by atoms with Gasteiger partial charge in [0.1, 0.15) is 11.5 Å². The molecule has 0 bridgehead atoms. The molecule has 0 aliphatic carbocycles. The van der Waals surface area contributed by atoms with E-state index in [0.29, 0.717) is 33.4 Å². The Bertz CT molecular complexity index is 868. The Morgan fingerprint density at radius 1 is 1.38 bits per heavy atom. The normalized spacial score (nSPS) is 16.8. The van der Waals surface area contributed by atoms with Gasteiger partial charge in [-0.15, -0.1) is 11.8 Å². The van der Waals surface area contributed by atoms with Crippen molar-refractivity contribution in [1.82, 2.24) is 9.88 Å². The standard InChI is InChI=1S/C17H19FN4O2S2/c1-9-4-5-10(8-11(9)18)13-12(20-17(26-13)21(2)3)15(24)22-6-7-25-16(22)14(19)23/h4-5,8,16H,6-7H2,1-3H3,(H2,19,23). The van der Waals surface area contributed by atoms with E-state index in [1.807, 2.05) is 14.1 Å². The van der Waals surface area contributed by atoms with Crippen LogP contribution in [0.5, 0.6) is 0 Å². The Balaban J connectivity index is 2.07. The highest BCUT2D eigenvalue weighted by Crippen LogP contribution is 2.37. The summed E-state index contributed by atoms with van der Waals surface area (Å²) < 4.78 is 14.0. The molecule has 2 aromatic rings. The molecule has 1 aliphatic heterocycles. The summed E-state index contributed by atoms with van der Waals surface area (Å²) in [4.78, 5) is 33.0. The number of hydrogen-bond donors (Lipinski definition) is 1. The predicted molar refractivity (Wildman–Crippen MR) is 103 cm³/mol. The molecule has 0 saturated carbocycles. The fraction of sp³-hybridized carbons (Fsp3) is 0.353. The molecular formula is C17H19FN4O2S2. The van der Waals surface area contributed by atoms with Gasteiger partial charge in [0, 0.05) is 26.4 Å². The van der Waals surface area contributed by atoms with Gasteiger partial charge in [-0.2, -0.15) is 0 Å². The fourth-order valence-electron chi connectivity index (χ4n) is 2.62. The topological polar surface area (TPSA) is 79.5 Å². The Hall–Kier alpha value is -2.13. The summed E-state index contributed by atoms with van der Waals surface area (Å²) >= 11 is 2.65. The molecule has 2 heterocycles. The highest BCUT2D eigenvalue weighted by molar-refractivity contribution is 8.00. The number of nitrogens with two attached hydrogens (primary N) is 1. The van der Waals surface area contributed by atoms with Gasteiger partial charge in [-0.3, -0.25) is 9.59 Å². The van der Waals surface area contributed by atoms with Crippen LogP contribution < -0.4 is 10.6 Å². The second-order valence-electron chi connectivity index (χ2n) is 6.16. The van der Waals surface area contributed by atoms with Crippen LogP contribution in [0.15, 0.2) is 18.2 Å². The van der Waals surface area contributed by atoms with Crippen LogP contribution in [0.3, 0.4) is 0 Å². The predicted octanol–water partition coefficient (Wildman–Crippen LogP) is 2.32. The molecular weight excluding hydrogens is 375 g/mol. The maximum Gasteiger partial charge on any atom is 0.275 e. The molecule has 138 valence electrons. The van der Waals surface area contributed by atoms with E-state index in [9.17, 15) is 14.0 Å². The molecule has 1 unspecified atom stereocenters. The molecule has 26 heavy (non-hydrogen) atoms. The average molecular weight is 394 g/mol. The van der Waals surface area contributed by atoms with Crippen LogP contribution in [-0.4, -0.2) is 53.5 Å². The number of carbonyl (C=O) groups is 2. The molecule has 1 aromatic heterocycles. The molecule has 2 N–H and O–H groups in total. The van der Waals surface area contributed by atoms with Crippen molar-refractivity contribution in [3.63, 3.8) is 0 Å². The van der Waals surface area contributed by atoms with Gasteiger partial charge in [-0.1, -0.05) is 23.5 Å². The van der Waals surface area contributed by atoms with Crippen LogP contribution in [0, 0.1) is 12.7 Å². The van der Waals surface area contributed by atoms with Crippen LogP contribution in [0.4, 0.5) is 9.52 Å². The van der Waals surface area contributed by atoms with E-state index in [4.69, 9.17) is 5.73 Å². The molecule has 9 heteroatoms. The summed E-state index contributed by atoms with van der Waals surface area (Å²) in [6, 6.07) is 4.85. The van der Waals surface area contributed by atoms with E-state index in [1.165, 1.54) is 34.1 Å². The van der Waals surface area contributed by atoms with E-state index < -0.39 is 11.3 Å². The number of thiazole rings is 1. The zero-order chi connectivity index (χ0) is 19.0. The van der Waals surface area contributed by atoms with Crippen molar-refractivity contribution in [1.29, 1.82) is 0 Å². The third-order valence-corrected chi connectivity index (χ3v) is 6.52. The summed E-state index contributed by atoms with van der Waals surface area (Å²) in [7, 11) is 3.65. The van der Waals surface area contributed by atoms with E-state index in [0.717, 1.165) is 0 Å². The number of thioether (sulfide) groups is 1. The number of primary amides is 1. The second-order valence-corrected chi connectivity index (χ2v) is 8.32. The first-order valence-corrected chi connectivity index (χ1v) is 9.82. The molecule has 1 saturated heterocycles. The zero-order valence-corrected chi connectivity index (χ0v) is 16.3. The number of rotatable bonds is 4. The lowest BCUT2D eigenvalue weighted by atomic mass is 10.1. The number of aromatic nitrogens is 1. The summed E-state index contributed by atoms with van der Waals surface area (Å²) in [6.07, 6.45) is 0. The Morgan fingerprint density at radius 3 is 2.73 bits per heavy atom. The van der Waals surface area contributed by atoms with Crippen LogP contribution in [-0.2, 0) is 4.79 Å². The smallest absolute Gasteiger partial charge is 0.275 e. The minimum atomic E-state index is -0.699. The van der Waals surface area contributed by atoms with Gasteiger partial charge in [-0.25, -0.2) is 9.37 Å². The molecule has 6 nitrogen and oxygen atoms in total. The maximum absolute atomic E-state index is 14.0. The summed E-state index contributed by atoms with van der Waals surface area (Å²) in [5, 5.41) is -0.0681. The maximum atomic E-state index is 14.0. The van der Waals surface area contributed by atoms with Crippen molar-refractivity contribution < 1.29 is 14.0 Å². The Kier molecular flexibility index (Phi) is 5.19. The molecule has 0 spiro atoms. The monoisotopic (exact) mass is 394 g/mol. The van der Waals surface area contributed by atoms with Gasteiger partial charge in [-0.05, 0) is 24.1 Å². The van der Waals surface area contributed by atoms with Crippen molar-refractivity contribution in [2.45, 2.75) is 12.3 Å². The molecule has 1 aliphatic rings. The number of benzene rings is 1. The van der Waals surface area contributed by atoms with Crippen LogP contribution in [0.2, 0.25) is 0 Å². The summed E-state index contributed by atoms with van der Waals surface area (Å²) in [5.74, 6) is -0.614. The third-order valence-electron chi connectivity index (χ3n) is 4.03. The first-order valence-electron chi connectivity index (χ1n) is 7.96. The van der Waals surface area contributed by atoms with Crippen molar-refractivity contribution in [2.75, 3.05) is 31.3 Å². The van der Waals surface area contributed by atoms with Crippen molar-refractivity contribution in [3.05, 3.63) is 35.3 Å². The number of amides is 2. The van der Waals surface area contributed by atoms with Gasteiger partial charge in [0.05, 0.1) is 4.88 Å². The number of carbonyl (C=O) groups excluding carboxylic acids is 2. The molecule has 1 fully saturated rings. The number of hydrogen-bond acceptors (Lipinski definition) is 6. The molecule has 3 rings (SSSR count). The first-order chi connectivity index (χ1) is 12.3. The van der Waals surface area contributed by atoms with E-state index in [2.05, 4.69) is 4.98 Å². The van der Waals surface area contributed by atoms with Gasteiger partial charge in [0.15, 0.2) is 10.5 Å². The quantitative estimate of drug-likeness (QED) is 0.861. The number of halogens is 1. The lowest BCUT2D eigenvalue weighted by Crippen LogP contribution is -2.42. The summed E-state index contributed by atoms with van der Waals surface area (Å²) in [5.41, 5.74) is 6.75. The zero-order valence-electron chi connectivity index (χ0n) is 14.7. The minimum Gasteiger partial charge on any atom is -0.367 e. The van der Waals surface area contributed by atoms with Crippen molar-refractivity contribution in [3.8, 4) is 10.4 Å². The van der Waals surface area contributed by atoms with E-state index in [1.54, 1.807) is 24.0 Å². The van der Waals surface area contributed by atoms with Gasteiger partial charge in [0.25, 0.3) is 11.8 Å². The Labute approximate surface area is 159 Å². The highest BCUT2D eigenvalue weighted by Gasteiger charge is 2.36. The second kappa shape index (κ2) is 7.24. The first kappa shape index (κ1) is 18.7. The number of nitrogens with zero attached hydrogens (tertiary/aromatic N) is 3. The third kappa shape index (κ3) is 3.41. The van der Waals surface area contributed by atoms with Crippen LogP contribution in [0.25, 0.3) is 10.4 Å². The number of aryl methyl sites for hydroxylation is 1. The van der Waals surface area contributed by atoms with Gasteiger partial charge in [0.2, 0.25) is 0 Å². The lowest BCUT2D eigenvalue weighted by Gasteiger charge is -2.20. The Morgan fingerprint density at radius 2 is 2.12 bits per heavy atom. The van der Waals surface area contributed by atoms with E-state index >= 15 is 0 Å². The van der Waals surface area contributed by atoms with E-state index in [-0.39, 0.29) is 17.4 Å². The largest absolute Gasteiger partial charge is 0.367 e. The van der Waals surface area contributed by atoms with Gasteiger partial charge >= 0.3 is 0 Å². The fourth-order valence-corrected chi connectivity index (χ4v) is 4.67. The highest BCUT2D eigenvalue weighted by atomic mass is 32.2. The molecule has 1 atom stereocenters. The number of anilines is 1. The van der Waals surface area contributed by atoms with Crippen LogP contribution >= 0.6 is 23.1 Å². The summed E-state index contributed by atoms with van der Waals surface area (Å²) in [6.45, 7) is 2.11. The molecule has 2 amide bonds. The molecule has 1 aromatic carbocycles. The minimum absolute atomic E-state index is 0.218. The van der Waals surface area contributed by atoms with Crippen molar-refractivity contribution in [2.24, 2.45) is 5.73 Å². The van der Waals surface area contributed by atoms with Crippen LogP contribution in [0.1, 0.15) is 16.1 Å². The SMILES string of the molecule is Cc1ccc(-c2sc(N(C)C)nc2C(=O)N2CCSC2C(N)=O)cc1F. The average Bonchev–Trinajstić information content (AvgIpc) is 3.23. The molecule has 0 radical (unpaired) electrons.